The van der Waals surface area contributed by atoms with Crippen molar-refractivity contribution in [2.24, 2.45) is 5.92 Å². The van der Waals surface area contributed by atoms with Crippen molar-refractivity contribution < 1.29 is 0 Å². The summed E-state index contributed by atoms with van der Waals surface area (Å²) in [6.07, 6.45) is 1.14. The normalized spacial score (nSPS) is 10.6. The number of nitrogens with two attached hydrogens (primary N) is 1. The van der Waals surface area contributed by atoms with Gasteiger partial charge in [-0.05, 0) is 30.5 Å². The van der Waals surface area contributed by atoms with E-state index in [1.165, 1.54) is 0 Å². The van der Waals surface area contributed by atoms with Crippen LogP contribution in [0.3, 0.4) is 0 Å². The second-order valence-electron chi connectivity index (χ2n) is 3.85. The van der Waals surface area contributed by atoms with E-state index in [0.717, 1.165) is 18.7 Å². The van der Waals surface area contributed by atoms with Crippen molar-refractivity contribution in [3.05, 3.63) is 23.2 Å². The number of nitrogens with one attached hydrogen (secondary N) is 1. The molecule has 0 aliphatic carbocycles. The van der Waals surface area contributed by atoms with Gasteiger partial charge in [-0.25, -0.2) is 0 Å². The molecule has 0 aliphatic rings. The van der Waals surface area contributed by atoms with Gasteiger partial charge in [-0.2, -0.15) is 0 Å². The van der Waals surface area contributed by atoms with Crippen LogP contribution in [0.2, 0.25) is 5.02 Å². The lowest BCUT2D eigenvalue weighted by molar-refractivity contribution is 0.607. The van der Waals surface area contributed by atoms with Crippen LogP contribution >= 0.6 is 11.6 Å². The number of hydrogen-bond donors (Lipinski definition) is 2. The zero-order valence-electron chi connectivity index (χ0n) is 8.68. The van der Waals surface area contributed by atoms with Gasteiger partial charge in [0.15, 0.2) is 0 Å². The predicted octanol–water partition coefficient (Wildman–Crippen LogP) is 3.38. The molecule has 0 saturated heterocycles. The fraction of sp³-hybridized carbons (Fsp3) is 0.455. The topological polar surface area (TPSA) is 38.0 Å². The third-order valence-electron chi connectivity index (χ3n) is 2.03. The van der Waals surface area contributed by atoms with Crippen LogP contribution in [0.4, 0.5) is 11.4 Å². The number of rotatable bonds is 4. The van der Waals surface area contributed by atoms with Crippen LogP contribution in [0.1, 0.15) is 20.3 Å². The van der Waals surface area contributed by atoms with E-state index in [2.05, 4.69) is 19.2 Å². The number of benzene rings is 1. The van der Waals surface area contributed by atoms with Gasteiger partial charge in [-0.1, -0.05) is 25.4 Å². The molecule has 0 radical (unpaired) electrons. The summed E-state index contributed by atoms with van der Waals surface area (Å²) in [5, 5.41) is 3.97. The largest absolute Gasteiger partial charge is 0.399 e. The second kappa shape index (κ2) is 5.11. The summed E-state index contributed by atoms with van der Waals surface area (Å²) in [5.41, 5.74) is 7.25. The van der Waals surface area contributed by atoms with Gasteiger partial charge < -0.3 is 11.1 Å². The van der Waals surface area contributed by atoms with Gasteiger partial charge in [0.25, 0.3) is 0 Å². The van der Waals surface area contributed by atoms with E-state index in [-0.39, 0.29) is 0 Å². The highest BCUT2D eigenvalue weighted by atomic mass is 35.5. The zero-order valence-corrected chi connectivity index (χ0v) is 9.43. The minimum Gasteiger partial charge on any atom is -0.399 e. The summed E-state index contributed by atoms with van der Waals surface area (Å²) in [4.78, 5) is 0. The van der Waals surface area contributed by atoms with Gasteiger partial charge in [0.1, 0.15) is 0 Å². The first kappa shape index (κ1) is 11.2. The molecular formula is C11H17ClN2. The van der Waals surface area contributed by atoms with Crippen LogP contribution in [0.5, 0.6) is 0 Å². The molecule has 0 heterocycles. The van der Waals surface area contributed by atoms with Crippen molar-refractivity contribution in [3.8, 4) is 0 Å². The van der Waals surface area contributed by atoms with E-state index in [1.807, 2.05) is 12.1 Å². The minimum absolute atomic E-state index is 0.689. The average molecular weight is 213 g/mol. The van der Waals surface area contributed by atoms with Gasteiger partial charge in [0.2, 0.25) is 0 Å². The SMILES string of the molecule is CC(C)CCNc1ccc(N)cc1Cl. The highest BCUT2D eigenvalue weighted by Gasteiger charge is 2.00. The van der Waals surface area contributed by atoms with Gasteiger partial charge in [0, 0.05) is 12.2 Å². The maximum absolute atomic E-state index is 6.00. The quantitative estimate of drug-likeness (QED) is 0.751. The molecule has 0 saturated carbocycles. The molecule has 0 aliphatic heterocycles. The highest BCUT2D eigenvalue weighted by Crippen LogP contribution is 2.23. The zero-order chi connectivity index (χ0) is 10.6. The summed E-state index contributed by atoms with van der Waals surface area (Å²) >= 11 is 6.00. The maximum atomic E-state index is 6.00. The number of anilines is 2. The van der Waals surface area contributed by atoms with Crippen LogP contribution in [0.25, 0.3) is 0 Å². The lowest BCUT2D eigenvalue weighted by Gasteiger charge is -2.10. The molecule has 0 fully saturated rings. The summed E-state index contributed by atoms with van der Waals surface area (Å²) in [7, 11) is 0. The molecule has 1 aromatic carbocycles. The van der Waals surface area contributed by atoms with Crippen LogP contribution in [0, 0.1) is 5.92 Å². The van der Waals surface area contributed by atoms with Crippen molar-refractivity contribution in [1.29, 1.82) is 0 Å². The van der Waals surface area contributed by atoms with E-state index < -0.39 is 0 Å². The van der Waals surface area contributed by atoms with Gasteiger partial charge in [-0.15, -0.1) is 0 Å². The fourth-order valence-corrected chi connectivity index (χ4v) is 1.43. The first-order valence-corrected chi connectivity index (χ1v) is 5.26. The Hall–Kier alpha value is -0.890. The molecule has 2 nitrogen and oxygen atoms in total. The van der Waals surface area contributed by atoms with Gasteiger partial charge >= 0.3 is 0 Å². The van der Waals surface area contributed by atoms with E-state index >= 15 is 0 Å². The van der Waals surface area contributed by atoms with Crippen molar-refractivity contribution in [3.63, 3.8) is 0 Å². The average Bonchev–Trinajstić information content (AvgIpc) is 2.08. The minimum atomic E-state index is 0.689. The predicted molar refractivity (Wildman–Crippen MR) is 63.8 cm³/mol. The van der Waals surface area contributed by atoms with Gasteiger partial charge in [0.05, 0.1) is 10.7 Å². The fourth-order valence-electron chi connectivity index (χ4n) is 1.17. The summed E-state index contributed by atoms with van der Waals surface area (Å²) in [6.45, 7) is 5.35. The molecule has 0 atom stereocenters. The lowest BCUT2D eigenvalue weighted by Crippen LogP contribution is -2.05. The molecule has 1 aromatic rings. The maximum Gasteiger partial charge on any atom is 0.0657 e. The molecule has 0 amide bonds. The second-order valence-corrected chi connectivity index (χ2v) is 4.26. The van der Waals surface area contributed by atoms with E-state index in [1.54, 1.807) is 6.07 Å². The Kier molecular flexibility index (Phi) is 4.08. The molecule has 1 rings (SSSR count). The molecule has 3 heteroatoms. The Labute approximate surface area is 90.4 Å². The third kappa shape index (κ3) is 3.46. The Morgan fingerprint density at radius 3 is 2.71 bits per heavy atom. The first-order chi connectivity index (χ1) is 6.59. The molecule has 0 spiro atoms. The summed E-state index contributed by atoms with van der Waals surface area (Å²) in [5.74, 6) is 0.704. The van der Waals surface area contributed by atoms with Crippen LogP contribution in [-0.2, 0) is 0 Å². The molecule has 0 unspecified atom stereocenters. The van der Waals surface area contributed by atoms with Crippen molar-refractivity contribution in [2.75, 3.05) is 17.6 Å². The molecule has 14 heavy (non-hydrogen) atoms. The van der Waals surface area contributed by atoms with Gasteiger partial charge in [-0.3, -0.25) is 0 Å². The smallest absolute Gasteiger partial charge is 0.0657 e. The summed E-state index contributed by atoms with van der Waals surface area (Å²) < 4.78 is 0. The Bertz CT molecular complexity index is 297. The van der Waals surface area contributed by atoms with Crippen molar-refractivity contribution >= 4 is 23.0 Å². The standard InChI is InChI=1S/C11H17ClN2/c1-8(2)5-6-14-11-4-3-9(13)7-10(11)12/h3-4,7-8,14H,5-6,13H2,1-2H3. The van der Waals surface area contributed by atoms with Crippen LogP contribution in [-0.4, -0.2) is 6.54 Å². The Morgan fingerprint density at radius 2 is 2.14 bits per heavy atom. The highest BCUT2D eigenvalue weighted by molar-refractivity contribution is 6.33. The molecule has 0 aromatic heterocycles. The molecule has 78 valence electrons. The van der Waals surface area contributed by atoms with E-state index in [4.69, 9.17) is 17.3 Å². The van der Waals surface area contributed by atoms with E-state index in [0.29, 0.717) is 16.6 Å². The number of halogens is 1. The van der Waals surface area contributed by atoms with E-state index in [9.17, 15) is 0 Å². The van der Waals surface area contributed by atoms with Crippen molar-refractivity contribution in [1.82, 2.24) is 0 Å². The number of hydrogen-bond acceptors (Lipinski definition) is 2. The van der Waals surface area contributed by atoms with Crippen LogP contribution < -0.4 is 11.1 Å². The van der Waals surface area contributed by atoms with Crippen molar-refractivity contribution in [2.45, 2.75) is 20.3 Å². The summed E-state index contributed by atoms with van der Waals surface area (Å²) in [6, 6.07) is 5.53. The Morgan fingerprint density at radius 1 is 1.43 bits per heavy atom. The monoisotopic (exact) mass is 212 g/mol. The molecule has 0 bridgehead atoms. The Balaban J connectivity index is 2.51. The molecule has 3 N–H and O–H groups in total. The van der Waals surface area contributed by atoms with Crippen LogP contribution in [0.15, 0.2) is 18.2 Å². The number of nitrogen functional groups attached to an aromatic ring is 1. The first-order valence-electron chi connectivity index (χ1n) is 4.88. The lowest BCUT2D eigenvalue weighted by atomic mass is 10.1. The molecular weight excluding hydrogens is 196 g/mol. The third-order valence-corrected chi connectivity index (χ3v) is 2.34.